The summed E-state index contributed by atoms with van der Waals surface area (Å²) in [5.74, 6) is -0.623. The number of fused-ring (bicyclic) bond motifs is 1. The van der Waals surface area contributed by atoms with Crippen LogP contribution in [0.4, 0.5) is 27.6 Å². The highest BCUT2D eigenvalue weighted by atomic mass is 31.1. The molecule has 236 valence electrons. The van der Waals surface area contributed by atoms with Crippen molar-refractivity contribution in [3.63, 3.8) is 0 Å². The van der Waals surface area contributed by atoms with Gasteiger partial charge in [-0.05, 0) is 49.8 Å². The number of aryl methyl sites for hydroxylation is 3. The van der Waals surface area contributed by atoms with Crippen LogP contribution in [0.3, 0.4) is 0 Å². The van der Waals surface area contributed by atoms with Crippen LogP contribution in [-0.2, 0) is 24.5 Å². The molecule has 0 saturated carbocycles. The molecule has 0 fully saturated rings. The summed E-state index contributed by atoms with van der Waals surface area (Å²) in [5, 5.41) is 7.09. The molecule has 1 aromatic carbocycles. The van der Waals surface area contributed by atoms with Gasteiger partial charge in [0.05, 0.1) is 35.0 Å². The van der Waals surface area contributed by atoms with Crippen LogP contribution in [0.1, 0.15) is 42.6 Å². The molecule has 4 rings (SSSR count). The summed E-state index contributed by atoms with van der Waals surface area (Å²) in [7, 11) is 5.92. The van der Waals surface area contributed by atoms with Crippen LogP contribution >= 0.6 is 18.5 Å². The second kappa shape index (κ2) is 13.7. The third kappa shape index (κ3) is 7.47. The first-order valence-electron chi connectivity index (χ1n) is 13.5. The zero-order chi connectivity index (χ0) is 32.3. The lowest BCUT2D eigenvalue weighted by molar-refractivity contribution is -0.138. The van der Waals surface area contributed by atoms with Gasteiger partial charge in [0.2, 0.25) is 0 Å². The Bertz CT molecular complexity index is 1760. The number of aromatic nitrogens is 5. The molecule has 4 aromatic rings. The molecule has 0 aliphatic heterocycles. The molecule has 0 saturated heterocycles. The van der Waals surface area contributed by atoms with Crippen molar-refractivity contribution in [2.24, 2.45) is 7.05 Å². The molecule has 0 amide bonds. The Morgan fingerprint density at radius 3 is 2.41 bits per heavy atom. The number of rotatable bonds is 11. The van der Waals surface area contributed by atoms with E-state index >= 15 is 4.39 Å². The Hall–Kier alpha value is -3.34. The predicted molar refractivity (Wildman–Crippen MR) is 164 cm³/mol. The molecule has 16 heteroatoms. The molecule has 0 aliphatic carbocycles. The maximum absolute atomic E-state index is 15.4. The number of halogens is 5. The molecule has 3 unspecified atom stereocenters. The normalized spacial score (nSPS) is 13.4. The van der Waals surface area contributed by atoms with Crippen molar-refractivity contribution in [3.05, 3.63) is 80.1 Å². The minimum Gasteiger partial charge on any atom is -0.378 e. The highest BCUT2D eigenvalue weighted by Gasteiger charge is 2.38. The van der Waals surface area contributed by atoms with Crippen LogP contribution in [0, 0.1) is 12.7 Å². The Kier molecular flexibility index (Phi) is 10.5. The number of pyridine rings is 1. The van der Waals surface area contributed by atoms with Crippen LogP contribution in [0.5, 0.6) is 0 Å². The summed E-state index contributed by atoms with van der Waals surface area (Å²) < 4.78 is 77.7. The minimum absolute atomic E-state index is 0.00280. The lowest BCUT2D eigenvalue weighted by Gasteiger charge is -2.23. The van der Waals surface area contributed by atoms with Gasteiger partial charge in [0.1, 0.15) is 17.6 Å². The second-order valence-electron chi connectivity index (χ2n) is 10.2. The SMILES string of the molecule is Cc1c(F)c(-c2ncc(C(C)F)cn2)cc2ccn(CCC[C@H](COC(P)P)Nc3cnn(C)c(=O)c3C(F)(F)F)c(=O)c12. The number of hydrogen-bond donors (Lipinski definition) is 1. The molecule has 0 spiro atoms. The Morgan fingerprint density at radius 2 is 1.80 bits per heavy atom. The highest BCUT2D eigenvalue weighted by molar-refractivity contribution is 7.37. The average Bonchev–Trinajstić information content (AvgIpc) is 2.95. The quantitative estimate of drug-likeness (QED) is 0.171. The van der Waals surface area contributed by atoms with E-state index in [0.717, 1.165) is 13.2 Å². The van der Waals surface area contributed by atoms with E-state index in [9.17, 15) is 27.2 Å². The van der Waals surface area contributed by atoms with Gasteiger partial charge in [0.15, 0.2) is 5.82 Å². The summed E-state index contributed by atoms with van der Waals surface area (Å²) in [5.41, 5.74) is -3.52. The monoisotopic (exact) mass is 656 g/mol. The van der Waals surface area contributed by atoms with Crippen molar-refractivity contribution in [1.82, 2.24) is 24.3 Å². The molecule has 44 heavy (non-hydrogen) atoms. The van der Waals surface area contributed by atoms with Crippen LogP contribution in [0.2, 0.25) is 0 Å². The van der Waals surface area contributed by atoms with Gasteiger partial charge in [-0.2, -0.15) is 18.3 Å². The zero-order valence-electron chi connectivity index (χ0n) is 24.0. The van der Waals surface area contributed by atoms with Crippen LogP contribution in [-0.4, -0.2) is 42.6 Å². The molecular weight excluding hydrogens is 625 g/mol. The van der Waals surface area contributed by atoms with Gasteiger partial charge in [0.25, 0.3) is 11.1 Å². The lowest BCUT2D eigenvalue weighted by Crippen LogP contribution is -2.34. The lowest BCUT2D eigenvalue weighted by atomic mass is 10.0. The van der Waals surface area contributed by atoms with E-state index in [-0.39, 0.29) is 53.1 Å². The van der Waals surface area contributed by atoms with Crippen molar-refractivity contribution in [2.75, 3.05) is 11.9 Å². The van der Waals surface area contributed by atoms with E-state index in [2.05, 4.69) is 38.9 Å². The molecule has 0 aliphatic rings. The van der Waals surface area contributed by atoms with Crippen LogP contribution in [0.15, 0.2) is 46.5 Å². The summed E-state index contributed by atoms with van der Waals surface area (Å²) in [6.07, 6.45) is -0.540. The molecule has 0 radical (unpaired) electrons. The predicted octanol–water partition coefficient (Wildman–Crippen LogP) is 5.36. The first kappa shape index (κ1) is 33.6. The maximum Gasteiger partial charge on any atom is 0.423 e. The van der Waals surface area contributed by atoms with Gasteiger partial charge in [-0.25, -0.2) is 23.4 Å². The fourth-order valence-electron chi connectivity index (χ4n) is 4.71. The summed E-state index contributed by atoms with van der Waals surface area (Å²) in [6.45, 7) is 2.98. The third-order valence-corrected chi connectivity index (χ3v) is 7.42. The van der Waals surface area contributed by atoms with E-state index in [4.69, 9.17) is 4.74 Å². The number of alkyl halides is 4. The molecule has 3 aromatic heterocycles. The highest BCUT2D eigenvalue weighted by Crippen LogP contribution is 2.32. The standard InChI is InChI=1S/C28H31F5N6O3P2/c1-14-21-16(9-19(23(14)30)24-34-10-17(11-35-24)15(2)29)6-8-39(25(21)40)7-4-5-18(13-42-27(43)44)37-20-12-36-38(3)26(41)22(20)28(31,32)33/h6,8-12,15,18,27,37H,4-5,7,13,43-44H2,1-3H3/t15?,18-/m1/s1. The van der Waals surface area contributed by atoms with Crippen molar-refractivity contribution >= 4 is 34.9 Å². The van der Waals surface area contributed by atoms with Crippen molar-refractivity contribution in [2.45, 2.75) is 57.2 Å². The maximum atomic E-state index is 15.4. The number of anilines is 1. The fourth-order valence-corrected chi connectivity index (χ4v) is 4.93. The average molecular weight is 657 g/mol. The number of ether oxygens (including phenoxy) is 1. The molecule has 3 heterocycles. The topological polar surface area (TPSA) is 104 Å². The first-order chi connectivity index (χ1) is 20.7. The molecule has 1 N–H and O–H groups in total. The third-order valence-electron chi connectivity index (χ3n) is 7.03. The van der Waals surface area contributed by atoms with Crippen LogP contribution < -0.4 is 16.4 Å². The van der Waals surface area contributed by atoms with E-state index in [1.54, 1.807) is 12.3 Å². The number of benzene rings is 1. The summed E-state index contributed by atoms with van der Waals surface area (Å²) in [6, 6.07) is 2.45. The molecule has 0 bridgehead atoms. The van der Waals surface area contributed by atoms with E-state index in [0.29, 0.717) is 16.5 Å². The molecule has 9 nitrogen and oxygen atoms in total. The van der Waals surface area contributed by atoms with Gasteiger partial charge in [0, 0.05) is 43.8 Å². The van der Waals surface area contributed by atoms with Gasteiger partial charge in [-0.1, -0.05) is 0 Å². The zero-order valence-corrected chi connectivity index (χ0v) is 26.3. The summed E-state index contributed by atoms with van der Waals surface area (Å²) in [4.78, 5) is 33.8. The Labute approximate surface area is 253 Å². The first-order valence-corrected chi connectivity index (χ1v) is 14.8. The van der Waals surface area contributed by atoms with Gasteiger partial charge < -0.3 is 14.6 Å². The number of nitrogens with zero attached hydrogens (tertiary/aromatic N) is 5. The van der Waals surface area contributed by atoms with E-state index in [1.807, 2.05) is 0 Å². The van der Waals surface area contributed by atoms with E-state index < -0.39 is 46.6 Å². The smallest absolute Gasteiger partial charge is 0.378 e. The number of hydrogen-bond acceptors (Lipinski definition) is 7. The molecule has 4 atom stereocenters. The van der Waals surface area contributed by atoms with Gasteiger partial charge in [-0.3, -0.25) is 9.59 Å². The second-order valence-corrected chi connectivity index (χ2v) is 12.3. The Morgan fingerprint density at radius 1 is 1.11 bits per heavy atom. The van der Waals surface area contributed by atoms with Gasteiger partial charge in [-0.15, -0.1) is 18.5 Å². The van der Waals surface area contributed by atoms with Gasteiger partial charge >= 0.3 is 6.18 Å². The van der Waals surface area contributed by atoms with Crippen molar-refractivity contribution in [3.8, 4) is 11.4 Å². The molecular formula is C28H31F5N6O3P2. The largest absolute Gasteiger partial charge is 0.423 e. The Balaban J connectivity index is 1.57. The van der Waals surface area contributed by atoms with Crippen LogP contribution in [0.25, 0.3) is 22.2 Å². The minimum atomic E-state index is -4.91. The van der Waals surface area contributed by atoms with Crippen molar-refractivity contribution in [1.29, 1.82) is 0 Å². The fraction of sp³-hybridized carbons (Fsp3) is 0.393. The number of nitrogens with one attached hydrogen (secondary N) is 1. The van der Waals surface area contributed by atoms with Crippen molar-refractivity contribution < 1.29 is 26.7 Å². The van der Waals surface area contributed by atoms with E-state index in [1.165, 1.54) is 36.9 Å². The summed E-state index contributed by atoms with van der Waals surface area (Å²) >= 11 is 0.